The monoisotopic (exact) mass is 289 g/mol. The first-order chi connectivity index (χ1) is 10.1. The maximum Gasteiger partial charge on any atom is 0.257 e. The Kier molecular flexibility index (Phi) is 3.55. The number of carbonyl (C=O) groups excluding carboxylic acids is 2. The van der Waals surface area contributed by atoms with Gasteiger partial charge in [0.1, 0.15) is 0 Å². The Balaban J connectivity index is 1.91. The van der Waals surface area contributed by atoms with Crippen LogP contribution in [-0.4, -0.2) is 29.5 Å². The third-order valence-electron chi connectivity index (χ3n) is 4.26. The molecule has 0 saturated heterocycles. The number of primary amides is 1. The van der Waals surface area contributed by atoms with Gasteiger partial charge in [0.25, 0.3) is 5.91 Å². The number of aliphatic hydroxyl groups excluding tert-OH is 1. The van der Waals surface area contributed by atoms with Gasteiger partial charge in [0.2, 0.25) is 5.91 Å². The lowest BCUT2D eigenvalue weighted by molar-refractivity contribution is -0.123. The van der Waals surface area contributed by atoms with Crippen LogP contribution in [-0.2, 0) is 9.59 Å². The van der Waals surface area contributed by atoms with E-state index < -0.39 is 12.0 Å². The van der Waals surface area contributed by atoms with E-state index in [4.69, 9.17) is 5.73 Å². The SMILES string of the molecule is NC(=O)CN(c1ccc2c(c1)NC(=O)C2O)C1CCCC1. The highest BCUT2D eigenvalue weighted by molar-refractivity contribution is 6.02. The molecule has 0 radical (unpaired) electrons. The van der Waals surface area contributed by atoms with E-state index in [2.05, 4.69) is 5.32 Å². The topological polar surface area (TPSA) is 95.7 Å². The molecule has 6 nitrogen and oxygen atoms in total. The third-order valence-corrected chi connectivity index (χ3v) is 4.26. The molecule has 1 aromatic carbocycles. The van der Waals surface area contributed by atoms with Crippen LogP contribution in [0.4, 0.5) is 11.4 Å². The van der Waals surface area contributed by atoms with Gasteiger partial charge in [-0.3, -0.25) is 9.59 Å². The maximum absolute atomic E-state index is 11.5. The lowest BCUT2D eigenvalue weighted by atomic mass is 10.1. The van der Waals surface area contributed by atoms with Crippen LogP contribution in [0.1, 0.15) is 37.4 Å². The van der Waals surface area contributed by atoms with E-state index in [0.717, 1.165) is 31.4 Å². The molecule has 1 heterocycles. The predicted octanol–water partition coefficient (Wildman–Crippen LogP) is 0.906. The number of amides is 2. The van der Waals surface area contributed by atoms with Crippen molar-refractivity contribution in [3.63, 3.8) is 0 Å². The van der Waals surface area contributed by atoms with Crippen molar-refractivity contribution >= 4 is 23.2 Å². The summed E-state index contributed by atoms with van der Waals surface area (Å²) >= 11 is 0. The first-order valence-electron chi connectivity index (χ1n) is 7.24. The molecular formula is C15H19N3O3. The zero-order valence-electron chi connectivity index (χ0n) is 11.7. The molecule has 0 spiro atoms. The summed E-state index contributed by atoms with van der Waals surface area (Å²) in [5.41, 5.74) is 7.41. The molecule has 2 aliphatic rings. The Hall–Kier alpha value is -2.08. The van der Waals surface area contributed by atoms with E-state index in [1.54, 1.807) is 6.07 Å². The van der Waals surface area contributed by atoms with Gasteiger partial charge in [-0.15, -0.1) is 0 Å². The zero-order chi connectivity index (χ0) is 15.0. The van der Waals surface area contributed by atoms with Crippen LogP contribution in [0.3, 0.4) is 0 Å². The van der Waals surface area contributed by atoms with Crippen molar-refractivity contribution in [1.29, 1.82) is 0 Å². The quantitative estimate of drug-likeness (QED) is 0.767. The van der Waals surface area contributed by atoms with Gasteiger partial charge in [-0.2, -0.15) is 0 Å². The maximum atomic E-state index is 11.5. The van der Waals surface area contributed by atoms with Crippen LogP contribution in [0.5, 0.6) is 0 Å². The molecule has 112 valence electrons. The van der Waals surface area contributed by atoms with E-state index in [1.807, 2.05) is 17.0 Å². The van der Waals surface area contributed by atoms with Crippen LogP contribution < -0.4 is 16.0 Å². The van der Waals surface area contributed by atoms with Crippen molar-refractivity contribution in [1.82, 2.24) is 0 Å². The minimum Gasteiger partial charge on any atom is -0.378 e. The Morgan fingerprint density at radius 3 is 2.76 bits per heavy atom. The largest absolute Gasteiger partial charge is 0.378 e. The summed E-state index contributed by atoms with van der Waals surface area (Å²) in [6, 6.07) is 5.68. The van der Waals surface area contributed by atoms with Crippen molar-refractivity contribution in [2.45, 2.75) is 37.8 Å². The van der Waals surface area contributed by atoms with E-state index in [0.29, 0.717) is 17.3 Å². The number of aliphatic hydroxyl groups is 1. The number of fused-ring (bicyclic) bond motifs is 1. The number of anilines is 2. The molecule has 3 rings (SSSR count). The fourth-order valence-electron chi connectivity index (χ4n) is 3.23. The molecule has 1 fully saturated rings. The summed E-state index contributed by atoms with van der Waals surface area (Å²) in [7, 11) is 0. The molecule has 21 heavy (non-hydrogen) atoms. The van der Waals surface area contributed by atoms with Crippen molar-refractivity contribution < 1.29 is 14.7 Å². The molecule has 4 N–H and O–H groups in total. The van der Waals surface area contributed by atoms with Gasteiger partial charge in [0, 0.05) is 23.0 Å². The molecule has 2 amide bonds. The molecule has 1 aliphatic heterocycles. The molecule has 0 aromatic heterocycles. The lowest BCUT2D eigenvalue weighted by Crippen LogP contribution is -2.40. The number of rotatable bonds is 4. The first-order valence-corrected chi connectivity index (χ1v) is 7.24. The van der Waals surface area contributed by atoms with E-state index in [1.165, 1.54) is 0 Å². The average molecular weight is 289 g/mol. The van der Waals surface area contributed by atoms with Crippen LogP contribution in [0.15, 0.2) is 18.2 Å². The van der Waals surface area contributed by atoms with Crippen molar-refractivity contribution in [2.24, 2.45) is 5.73 Å². The summed E-state index contributed by atoms with van der Waals surface area (Å²) in [5, 5.41) is 12.4. The standard InChI is InChI=1S/C15H19N3O3/c16-13(19)8-18(9-3-1-2-4-9)10-5-6-11-12(7-10)17-15(21)14(11)20/h5-7,9,14,20H,1-4,8H2,(H2,16,19)(H,17,21). The second kappa shape index (κ2) is 5.37. The fraction of sp³-hybridized carbons (Fsp3) is 0.467. The Morgan fingerprint density at radius 1 is 1.38 bits per heavy atom. The summed E-state index contributed by atoms with van der Waals surface area (Å²) in [5.74, 6) is -0.782. The van der Waals surface area contributed by atoms with Crippen LogP contribution >= 0.6 is 0 Å². The molecule has 1 unspecified atom stereocenters. The highest BCUT2D eigenvalue weighted by Crippen LogP contribution is 2.36. The molecule has 1 aliphatic carbocycles. The number of carbonyl (C=O) groups is 2. The van der Waals surface area contributed by atoms with Gasteiger partial charge >= 0.3 is 0 Å². The molecule has 1 aromatic rings. The Bertz CT molecular complexity index is 582. The predicted molar refractivity (Wildman–Crippen MR) is 78.8 cm³/mol. The molecule has 0 bridgehead atoms. The number of hydrogen-bond donors (Lipinski definition) is 3. The van der Waals surface area contributed by atoms with Gasteiger partial charge < -0.3 is 21.1 Å². The van der Waals surface area contributed by atoms with Crippen LogP contribution in [0.2, 0.25) is 0 Å². The number of benzene rings is 1. The summed E-state index contributed by atoms with van der Waals surface area (Å²) in [6.07, 6.45) is 3.28. The Labute approximate surface area is 122 Å². The number of nitrogens with two attached hydrogens (primary N) is 1. The number of nitrogens with one attached hydrogen (secondary N) is 1. The van der Waals surface area contributed by atoms with Crippen molar-refractivity contribution in [3.05, 3.63) is 23.8 Å². The highest BCUT2D eigenvalue weighted by atomic mass is 16.3. The van der Waals surface area contributed by atoms with E-state index in [-0.39, 0.29) is 12.5 Å². The second-order valence-electron chi connectivity index (χ2n) is 5.70. The summed E-state index contributed by atoms with van der Waals surface area (Å²) < 4.78 is 0. The normalized spacial score (nSPS) is 21.2. The molecule has 6 heteroatoms. The average Bonchev–Trinajstić information content (AvgIpc) is 3.05. The first kappa shape index (κ1) is 13.9. The minimum atomic E-state index is -1.11. The number of hydrogen-bond acceptors (Lipinski definition) is 4. The van der Waals surface area contributed by atoms with Gasteiger partial charge in [-0.05, 0) is 25.0 Å². The van der Waals surface area contributed by atoms with Crippen LogP contribution in [0.25, 0.3) is 0 Å². The van der Waals surface area contributed by atoms with Gasteiger partial charge in [0.05, 0.1) is 6.54 Å². The summed E-state index contributed by atoms with van der Waals surface area (Å²) in [4.78, 5) is 24.9. The van der Waals surface area contributed by atoms with Gasteiger partial charge in [-0.1, -0.05) is 18.9 Å². The minimum absolute atomic E-state index is 0.167. The van der Waals surface area contributed by atoms with E-state index in [9.17, 15) is 14.7 Å². The van der Waals surface area contributed by atoms with Crippen LogP contribution in [0, 0.1) is 0 Å². The highest BCUT2D eigenvalue weighted by Gasteiger charge is 2.30. The lowest BCUT2D eigenvalue weighted by Gasteiger charge is -2.30. The van der Waals surface area contributed by atoms with Gasteiger partial charge in [-0.25, -0.2) is 0 Å². The van der Waals surface area contributed by atoms with Crippen molar-refractivity contribution in [2.75, 3.05) is 16.8 Å². The molecule has 1 saturated carbocycles. The van der Waals surface area contributed by atoms with Crippen molar-refractivity contribution in [3.8, 4) is 0 Å². The number of nitrogens with zero attached hydrogens (tertiary/aromatic N) is 1. The second-order valence-corrected chi connectivity index (χ2v) is 5.70. The molecule has 1 atom stereocenters. The fourth-order valence-corrected chi connectivity index (χ4v) is 3.23. The van der Waals surface area contributed by atoms with E-state index >= 15 is 0 Å². The zero-order valence-corrected chi connectivity index (χ0v) is 11.7. The summed E-state index contributed by atoms with van der Waals surface area (Å²) in [6.45, 7) is 0.167. The third kappa shape index (κ3) is 2.58. The molecular weight excluding hydrogens is 270 g/mol. The smallest absolute Gasteiger partial charge is 0.257 e. The Morgan fingerprint density at radius 2 is 2.10 bits per heavy atom. The van der Waals surface area contributed by atoms with Gasteiger partial charge in [0.15, 0.2) is 6.10 Å².